The van der Waals surface area contributed by atoms with E-state index < -0.39 is 55.6 Å². The van der Waals surface area contributed by atoms with Gasteiger partial charge < -0.3 is 44.8 Å². The molecule has 1 saturated heterocycles. The van der Waals surface area contributed by atoms with E-state index in [1.807, 2.05) is 0 Å². The van der Waals surface area contributed by atoms with Crippen molar-refractivity contribution in [2.45, 2.75) is 43.1 Å². The average Bonchev–Trinajstić information content (AvgIpc) is 2.92. The highest BCUT2D eigenvalue weighted by molar-refractivity contribution is 5.25. The number of hydrogen-bond donors (Lipinski definition) is 6. The molecule has 9 nitrogen and oxygen atoms in total. The summed E-state index contributed by atoms with van der Waals surface area (Å²) in [6.07, 6.45) is -4.27. The highest BCUT2D eigenvalue weighted by atomic mass is 16.8. The van der Waals surface area contributed by atoms with Crippen molar-refractivity contribution in [2.75, 3.05) is 13.2 Å². The van der Waals surface area contributed by atoms with Gasteiger partial charge in [0.05, 0.1) is 31.5 Å². The van der Waals surface area contributed by atoms with Crippen LogP contribution in [0.2, 0.25) is 0 Å². The first-order chi connectivity index (χ1) is 11.5. The number of hydrogen-bond acceptors (Lipinski definition) is 9. The maximum atomic E-state index is 10.0. The fourth-order valence-electron chi connectivity index (χ4n) is 3.38. The molecule has 0 radical (unpaired) electrons. The third kappa shape index (κ3) is 2.98. The summed E-state index contributed by atoms with van der Waals surface area (Å²) in [6.45, 7) is -0.854. The average molecular weight is 346 g/mol. The topological polar surface area (TPSA) is 149 Å². The quantitative estimate of drug-likeness (QED) is 0.297. The lowest BCUT2D eigenvalue weighted by atomic mass is 9.88. The lowest BCUT2D eigenvalue weighted by Gasteiger charge is -2.42. The van der Waals surface area contributed by atoms with Crippen LogP contribution in [0.15, 0.2) is 24.0 Å². The molecule has 3 rings (SSSR count). The SMILES string of the molecule is OCC1=CC(O)[C@@H]2C=COC(O[C@@H]3O[C@H](CO)[C@@H](O)[C@H](O)[C@H]3O)[C@H]12. The van der Waals surface area contributed by atoms with Crippen LogP contribution < -0.4 is 0 Å². The summed E-state index contributed by atoms with van der Waals surface area (Å²) in [7, 11) is 0. The predicted molar refractivity (Wildman–Crippen MR) is 77.0 cm³/mol. The molecule has 0 aromatic carbocycles. The van der Waals surface area contributed by atoms with Gasteiger partial charge in [-0.25, -0.2) is 0 Å². The van der Waals surface area contributed by atoms with Gasteiger partial charge in [-0.2, -0.15) is 0 Å². The Morgan fingerprint density at radius 3 is 2.42 bits per heavy atom. The molecule has 0 aromatic heterocycles. The van der Waals surface area contributed by atoms with Crippen LogP contribution in [0.5, 0.6) is 0 Å². The van der Waals surface area contributed by atoms with E-state index in [4.69, 9.17) is 14.2 Å². The molecule has 136 valence electrons. The molecule has 3 aliphatic rings. The summed E-state index contributed by atoms with van der Waals surface area (Å²) in [6, 6.07) is 0. The molecule has 2 unspecified atom stereocenters. The van der Waals surface area contributed by atoms with Gasteiger partial charge in [0.15, 0.2) is 6.29 Å². The van der Waals surface area contributed by atoms with E-state index in [0.29, 0.717) is 5.57 Å². The third-order valence-corrected chi connectivity index (χ3v) is 4.73. The number of rotatable bonds is 4. The van der Waals surface area contributed by atoms with Crippen LogP contribution in [0, 0.1) is 11.8 Å². The molecule has 24 heavy (non-hydrogen) atoms. The molecule has 0 bridgehead atoms. The molecule has 9 atom stereocenters. The van der Waals surface area contributed by atoms with Crippen molar-refractivity contribution in [1.29, 1.82) is 0 Å². The first-order valence-corrected chi connectivity index (χ1v) is 7.75. The first kappa shape index (κ1) is 17.8. The van der Waals surface area contributed by atoms with E-state index in [9.17, 15) is 30.6 Å². The fraction of sp³-hybridized carbons (Fsp3) is 0.733. The molecule has 0 saturated carbocycles. The minimum atomic E-state index is -1.56. The predicted octanol–water partition coefficient (Wildman–Crippen LogP) is -2.80. The van der Waals surface area contributed by atoms with Crippen molar-refractivity contribution in [1.82, 2.24) is 0 Å². The second kappa shape index (κ2) is 7.06. The molecule has 1 fully saturated rings. The Balaban J connectivity index is 1.75. The summed E-state index contributed by atoms with van der Waals surface area (Å²) in [5.74, 6) is -0.835. The van der Waals surface area contributed by atoms with E-state index in [0.717, 1.165) is 0 Å². The summed E-state index contributed by atoms with van der Waals surface area (Å²) >= 11 is 0. The van der Waals surface area contributed by atoms with Crippen LogP contribution in [0.25, 0.3) is 0 Å². The molecule has 9 heteroatoms. The minimum absolute atomic E-state index is 0.288. The molecule has 2 heterocycles. The maximum Gasteiger partial charge on any atom is 0.209 e. The van der Waals surface area contributed by atoms with E-state index >= 15 is 0 Å². The molecule has 6 N–H and O–H groups in total. The molecule has 0 aromatic rings. The molecule has 1 aliphatic carbocycles. The van der Waals surface area contributed by atoms with Gasteiger partial charge in [0, 0.05) is 5.92 Å². The Morgan fingerprint density at radius 1 is 1.00 bits per heavy atom. The van der Waals surface area contributed by atoms with Gasteiger partial charge in [0.2, 0.25) is 6.29 Å². The highest BCUT2D eigenvalue weighted by Gasteiger charge is 2.49. The van der Waals surface area contributed by atoms with Gasteiger partial charge in [0.1, 0.15) is 24.4 Å². The smallest absolute Gasteiger partial charge is 0.209 e. The molecule has 2 aliphatic heterocycles. The van der Waals surface area contributed by atoms with Gasteiger partial charge >= 0.3 is 0 Å². The van der Waals surface area contributed by atoms with Crippen LogP contribution in [0.3, 0.4) is 0 Å². The van der Waals surface area contributed by atoms with E-state index in [-0.39, 0.29) is 12.5 Å². The van der Waals surface area contributed by atoms with Gasteiger partial charge in [-0.15, -0.1) is 0 Å². The summed E-state index contributed by atoms with van der Waals surface area (Å²) < 4.78 is 16.3. The van der Waals surface area contributed by atoms with Gasteiger partial charge in [0.25, 0.3) is 0 Å². The van der Waals surface area contributed by atoms with Crippen molar-refractivity contribution in [3.8, 4) is 0 Å². The second-order valence-electron chi connectivity index (χ2n) is 6.16. The van der Waals surface area contributed by atoms with Crippen molar-refractivity contribution >= 4 is 0 Å². The minimum Gasteiger partial charge on any atom is -0.472 e. The number of aliphatic hydroxyl groups is 6. The Bertz CT molecular complexity index is 505. The van der Waals surface area contributed by atoms with Crippen LogP contribution in [0.4, 0.5) is 0 Å². The molecular weight excluding hydrogens is 324 g/mol. The normalized spacial score (nSPS) is 47.9. The van der Waals surface area contributed by atoms with Crippen LogP contribution in [-0.4, -0.2) is 87.0 Å². The molecular formula is C15H22O9. The number of aliphatic hydroxyl groups excluding tert-OH is 6. The summed E-state index contributed by atoms with van der Waals surface area (Å²) in [5, 5.41) is 58.3. The Hall–Kier alpha value is -1.04. The zero-order chi connectivity index (χ0) is 17.4. The van der Waals surface area contributed by atoms with Crippen LogP contribution in [0.1, 0.15) is 0 Å². The van der Waals surface area contributed by atoms with Gasteiger partial charge in [-0.05, 0) is 11.6 Å². The second-order valence-corrected chi connectivity index (χ2v) is 6.16. The third-order valence-electron chi connectivity index (χ3n) is 4.73. The van der Waals surface area contributed by atoms with Crippen molar-refractivity contribution < 1.29 is 44.8 Å². The number of fused-ring (bicyclic) bond motifs is 1. The van der Waals surface area contributed by atoms with Gasteiger partial charge in [-0.1, -0.05) is 6.08 Å². The van der Waals surface area contributed by atoms with E-state index in [1.54, 1.807) is 6.08 Å². The lowest BCUT2D eigenvalue weighted by molar-refractivity contribution is -0.339. The molecule has 0 amide bonds. The highest BCUT2D eigenvalue weighted by Crippen LogP contribution is 2.40. The zero-order valence-corrected chi connectivity index (χ0v) is 12.8. The Labute approximate surface area is 138 Å². The monoisotopic (exact) mass is 346 g/mol. The van der Waals surface area contributed by atoms with E-state index in [1.165, 1.54) is 12.3 Å². The van der Waals surface area contributed by atoms with E-state index in [2.05, 4.69) is 0 Å². The Morgan fingerprint density at radius 2 is 1.75 bits per heavy atom. The fourth-order valence-corrected chi connectivity index (χ4v) is 3.38. The first-order valence-electron chi connectivity index (χ1n) is 7.75. The maximum absolute atomic E-state index is 10.0. The van der Waals surface area contributed by atoms with Crippen molar-refractivity contribution in [3.63, 3.8) is 0 Å². The summed E-state index contributed by atoms with van der Waals surface area (Å²) in [4.78, 5) is 0. The van der Waals surface area contributed by atoms with Crippen molar-refractivity contribution in [2.24, 2.45) is 11.8 Å². The van der Waals surface area contributed by atoms with Gasteiger partial charge in [-0.3, -0.25) is 0 Å². The largest absolute Gasteiger partial charge is 0.472 e. The Kier molecular flexibility index (Phi) is 5.23. The lowest BCUT2D eigenvalue weighted by Crippen LogP contribution is -2.60. The van der Waals surface area contributed by atoms with Crippen LogP contribution in [-0.2, 0) is 14.2 Å². The van der Waals surface area contributed by atoms with Crippen LogP contribution >= 0.6 is 0 Å². The summed E-state index contributed by atoms with van der Waals surface area (Å²) in [5.41, 5.74) is 0.534. The zero-order valence-electron chi connectivity index (χ0n) is 12.8. The molecule has 0 spiro atoms. The number of ether oxygens (including phenoxy) is 3. The standard InChI is InChI=1S/C15H22O9/c16-4-6-3-8(18)7-1-2-22-14(10(6)7)24-15-13(21)12(20)11(19)9(5-17)23-15/h1-3,7-21H,4-5H2/t7-,8?,9+,10+,11+,12-,13+,14?,15-/m0/s1. The van der Waals surface area contributed by atoms with Crippen molar-refractivity contribution in [3.05, 3.63) is 24.0 Å².